The number of hydrogen-bond acceptors (Lipinski definition) is 4. The number of sulfonamides is 1. The van der Waals surface area contributed by atoms with Gasteiger partial charge in [0.05, 0.1) is 38.8 Å². The van der Waals surface area contributed by atoms with Crippen LogP contribution in [0.1, 0.15) is 11.1 Å². The number of anilines is 1. The van der Waals surface area contributed by atoms with Gasteiger partial charge in [0, 0.05) is 5.56 Å². The zero-order valence-corrected chi connectivity index (χ0v) is 18.1. The highest BCUT2D eigenvalue weighted by Gasteiger charge is 2.33. The molecule has 2 rings (SSSR count). The third kappa shape index (κ3) is 6.24. The van der Waals surface area contributed by atoms with Crippen LogP contribution in [0, 0.1) is 0 Å². The van der Waals surface area contributed by atoms with Gasteiger partial charge in [0.1, 0.15) is 6.54 Å². The standard InChI is InChI=1S/C17H13Cl3F3N3O3S/c1-30(28,29)26(15-7-10(17(21,22)23)5-6-14(15)20)9-16(27)25-24-8-11-12(18)3-2-4-13(11)19/h2-8H,9H2,1H3,(H,25,27)/b24-8+. The van der Waals surface area contributed by atoms with E-state index < -0.39 is 39.9 Å². The molecule has 0 radical (unpaired) electrons. The summed E-state index contributed by atoms with van der Waals surface area (Å²) in [5.41, 5.74) is 0.751. The Bertz CT molecular complexity index is 1070. The van der Waals surface area contributed by atoms with Gasteiger partial charge in [-0.3, -0.25) is 9.10 Å². The monoisotopic (exact) mass is 501 g/mol. The molecular weight excluding hydrogens is 490 g/mol. The molecule has 0 atom stereocenters. The Labute approximate surface area is 185 Å². The summed E-state index contributed by atoms with van der Waals surface area (Å²) in [4.78, 5) is 12.2. The van der Waals surface area contributed by atoms with Crippen molar-refractivity contribution in [2.24, 2.45) is 5.10 Å². The van der Waals surface area contributed by atoms with Gasteiger partial charge in [-0.1, -0.05) is 40.9 Å². The lowest BCUT2D eigenvalue weighted by Gasteiger charge is -2.23. The fourth-order valence-corrected chi connectivity index (χ4v) is 3.85. The smallest absolute Gasteiger partial charge is 0.271 e. The lowest BCUT2D eigenvalue weighted by Crippen LogP contribution is -2.39. The molecule has 0 aromatic heterocycles. The van der Waals surface area contributed by atoms with E-state index in [1.165, 1.54) is 12.1 Å². The van der Waals surface area contributed by atoms with Gasteiger partial charge in [0.25, 0.3) is 5.91 Å². The number of benzene rings is 2. The predicted octanol–water partition coefficient (Wildman–Crippen LogP) is 4.58. The van der Waals surface area contributed by atoms with Crippen LogP contribution in [0.4, 0.5) is 18.9 Å². The molecule has 1 amide bonds. The molecule has 6 nitrogen and oxygen atoms in total. The average Bonchev–Trinajstić information content (AvgIpc) is 2.61. The number of hydrogen-bond donors (Lipinski definition) is 1. The van der Waals surface area contributed by atoms with Crippen molar-refractivity contribution in [3.8, 4) is 0 Å². The van der Waals surface area contributed by atoms with E-state index in [4.69, 9.17) is 34.8 Å². The maximum atomic E-state index is 13.0. The summed E-state index contributed by atoms with van der Waals surface area (Å²) < 4.78 is 63.6. The minimum atomic E-state index is -4.73. The molecule has 2 aromatic carbocycles. The third-order valence-corrected chi connectivity index (χ3v) is 5.72. The lowest BCUT2D eigenvalue weighted by atomic mass is 10.2. The Balaban J connectivity index is 2.26. The number of amides is 1. The molecule has 162 valence electrons. The van der Waals surface area contributed by atoms with Gasteiger partial charge in [-0.15, -0.1) is 0 Å². The number of carbonyl (C=O) groups excluding carboxylic acids is 1. The molecule has 13 heteroatoms. The van der Waals surface area contributed by atoms with Crippen molar-refractivity contribution in [1.82, 2.24) is 5.43 Å². The fourth-order valence-electron chi connectivity index (χ4n) is 2.23. The van der Waals surface area contributed by atoms with Crippen LogP contribution in [-0.4, -0.2) is 33.3 Å². The average molecular weight is 503 g/mol. The Kier molecular flexibility index (Phi) is 7.62. The van der Waals surface area contributed by atoms with Gasteiger partial charge in [-0.2, -0.15) is 18.3 Å². The third-order valence-electron chi connectivity index (χ3n) is 3.61. The van der Waals surface area contributed by atoms with Crippen LogP contribution in [0.25, 0.3) is 0 Å². The van der Waals surface area contributed by atoms with E-state index in [9.17, 15) is 26.4 Å². The second-order valence-corrected chi connectivity index (χ2v) is 8.99. The summed E-state index contributed by atoms with van der Waals surface area (Å²) in [7, 11) is -4.16. The van der Waals surface area contributed by atoms with Crippen molar-refractivity contribution in [3.63, 3.8) is 0 Å². The Morgan fingerprint density at radius 1 is 1.13 bits per heavy atom. The topological polar surface area (TPSA) is 78.8 Å². The zero-order valence-electron chi connectivity index (χ0n) is 15.0. The first-order chi connectivity index (χ1) is 13.8. The Hall–Kier alpha value is -2.01. The van der Waals surface area contributed by atoms with E-state index in [0.29, 0.717) is 22.0 Å². The molecule has 0 saturated heterocycles. The molecule has 0 spiro atoms. The van der Waals surface area contributed by atoms with Crippen LogP contribution in [0.3, 0.4) is 0 Å². The first-order valence-electron chi connectivity index (χ1n) is 7.91. The summed E-state index contributed by atoms with van der Waals surface area (Å²) in [6.07, 6.45) is -2.86. The molecule has 0 aliphatic carbocycles. The van der Waals surface area contributed by atoms with Crippen molar-refractivity contribution < 1.29 is 26.4 Å². The van der Waals surface area contributed by atoms with Crippen LogP contribution in [-0.2, 0) is 21.0 Å². The van der Waals surface area contributed by atoms with Crippen LogP contribution < -0.4 is 9.73 Å². The van der Waals surface area contributed by atoms with Gasteiger partial charge in [-0.05, 0) is 30.3 Å². The number of nitrogens with one attached hydrogen (secondary N) is 1. The number of rotatable bonds is 6. The van der Waals surface area contributed by atoms with Gasteiger partial charge < -0.3 is 0 Å². The van der Waals surface area contributed by atoms with Crippen molar-refractivity contribution in [3.05, 3.63) is 62.6 Å². The lowest BCUT2D eigenvalue weighted by molar-refractivity contribution is -0.137. The molecule has 0 fully saturated rings. The van der Waals surface area contributed by atoms with E-state index in [1.807, 2.05) is 0 Å². The molecular formula is C17H13Cl3F3N3O3S. The maximum Gasteiger partial charge on any atom is 0.416 e. The first-order valence-corrected chi connectivity index (χ1v) is 10.9. The largest absolute Gasteiger partial charge is 0.416 e. The van der Waals surface area contributed by atoms with Gasteiger partial charge in [0.2, 0.25) is 10.0 Å². The summed E-state index contributed by atoms with van der Waals surface area (Å²) in [6, 6.07) is 6.82. The van der Waals surface area contributed by atoms with Gasteiger partial charge >= 0.3 is 6.18 Å². The van der Waals surface area contributed by atoms with Crippen molar-refractivity contribution in [2.45, 2.75) is 6.18 Å². The molecule has 2 aromatic rings. The maximum absolute atomic E-state index is 13.0. The number of carbonyl (C=O) groups is 1. The molecule has 0 bridgehead atoms. The van der Waals surface area contributed by atoms with Crippen LogP contribution in [0.15, 0.2) is 41.5 Å². The second kappa shape index (κ2) is 9.42. The van der Waals surface area contributed by atoms with E-state index in [0.717, 1.165) is 18.5 Å². The quantitative estimate of drug-likeness (QED) is 0.464. The van der Waals surface area contributed by atoms with Crippen molar-refractivity contribution in [1.29, 1.82) is 0 Å². The molecule has 30 heavy (non-hydrogen) atoms. The van der Waals surface area contributed by atoms with Crippen molar-refractivity contribution in [2.75, 3.05) is 17.1 Å². The highest BCUT2D eigenvalue weighted by molar-refractivity contribution is 7.92. The summed E-state index contributed by atoms with van der Waals surface area (Å²) >= 11 is 17.8. The summed E-state index contributed by atoms with van der Waals surface area (Å²) in [6.45, 7) is -0.868. The molecule has 0 aliphatic heterocycles. The molecule has 0 aliphatic rings. The molecule has 0 unspecified atom stereocenters. The van der Waals surface area contributed by atoms with Gasteiger partial charge in [0.15, 0.2) is 0 Å². The summed E-state index contributed by atoms with van der Waals surface area (Å²) in [5.74, 6) is -0.937. The minimum Gasteiger partial charge on any atom is -0.271 e. The van der Waals surface area contributed by atoms with Crippen LogP contribution in [0.5, 0.6) is 0 Å². The second-order valence-electron chi connectivity index (χ2n) is 5.86. The SMILES string of the molecule is CS(=O)(=O)N(CC(=O)N/N=C/c1c(Cl)cccc1Cl)c1cc(C(F)(F)F)ccc1Cl. The fraction of sp³-hybridized carbons (Fsp3) is 0.176. The molecule has 0 heterocycles. The minimum absolute atomic E-state index is 0.258. The molecule has 1 N–H and O–H groups in total. The first kappa shape index (κ1) is 24.3. The van der Waals surface area contributed by atoms with Crippen LogP contribution in [0.2, 0.25) is 15.1 Å². The highest BCUT2D eigenvalue weighted by atomic mass is 35.5. The Morgan fingerprint density at radius 3 is 2.27 bits per heavy atom. The highest BCUT2D eigenvalue weighted by Crippen LogP contribution is 2.36. The van der Waals surface area contributed by atoms with Crippen LogP contribution >= 0.6 is 34.8 Å². The van der Waals surface area contributed by atoms with Gasteiger partial charge in [-0.25, -0.2) is 13.8 Å². The van der Waals surface area contributed by atoms with Crippen molar-refractivity contribution >= 4 is 62.6 Å². The predicted molar refractivity (Wildman–Crippen MR) is 111 cm³/mol. The van der Waals surface area contributed by atoms with E-state index in [2.05, 4.69) is 10.5 Å². The van der Waals surface area contributed by atoms with E-state index in [-0.39, 0.29) is 15.1 Å². The number of halogens is 6. The van der Waals surface area contributed by atoms with E-state index >= 15 is 0 Å². The number of hydrazone groups is 1. The Morgan fingerprint density at radius 2 is 1.73 bits per heavy atom. The normalized spacial score (nSPS) is 12.2. The number of alkyl halides is 3. The summed E-state index contributed by atoms with van der Waals surface area (Å²) in [5, 5.41) is 3.88. The zero-order chi connectivity index (χ0) is 22.7. The van der Waals surface area contributed by atoms with E-state index in [1.54, 1.807) is 6.07 Å². The number of nitrogens with zero attached hydrogens (tertiary/aromatic N) is 2. The molecule has 0 saturated carbocycles.